The molecule has 3 aromatic carbocycles. The van der Waals surface area contributed by atoms with Crippen molar-refractivity contribution in [2.75, 3.05) is 38.2 Å². The number of amides is 1. The van der Waals surface area contributed by atoms with Gasteiger partial charge in [0.05, 0.1) is 17.3 Å². The largest absolute Gasteiger partial charge is 0.497 e. The number of methoxy groups -OCH3 is 1. The van der Waals surface area contributed by atoms with Gasteiger partial charge in [-0.1, -0.05) is 67.6 Å². The molecule has 0 aliphatic rings. The van der Waals surface area contributed by atoms with Gasteiger partial charge >= 0.3 is 0 Å². The van der Waals surface area contributed by atoms with Gasteiger partial charge in [-0.15, -0.1) is 0 Å². The molecule has 4 rings (SSSR count). The minimum atomic E-state index is -0.0345. The van der Waals surface area contributed by atoms with Gasteiger partial charge in [0.2, 0.25) is 0 Å². The molecule has 0 unspecified atom stereocenters. The van der Waals surface area contributed by atoms with Gasteiger partial charge in [-0.25, -0.2) is 4.98 Å². The maximum absolute atomic E-state index is 13.6. The maximum Gasteiger partial charge on any atom is 0.260 e. The molecular formula is C27H29N3O2S. The Balaban J connectivity index is 1.64. The number of ether oxygens (including phenoxy) is 1. The van der Waals surface area contributed by atoms with Crippen molar-refractivity contribution >= 4 is 32.6 Å². The fourth-order valence-corrected chi connectivity index (χ4v) is 4.76. The summed E-state index contributed by atoms with van der Waals surface area (Å²) in [5.41, 5.74) is 3.73. The van der Waals surface area contributed by atoms with Crippen molar-refractivity contribution in [2.45, 2.75) is 13.8 Å². The summed E-state index contributed by atoms with van der Waals surface area (Å²) < 4.78 is 6.38. The number of rotatable bonds is 9. The molecule has 0 aliphatic carbocycles. The third-order valence-electron chi connectivity index (χ3n) is 5.83. The van der Waals surface area contributed by atoms with Crippen LogP contribution in [0, 0.1) is 0 Å². The van der Waals surface area contributed by atoms with Crippen LogP contribution in [-0.4, -0.2) is 49.1 Å². The van der Waals surface area contributed by atoms with Crippen molar-refractivity contribution in [2.24, 2.45) is 0 Å². The van der Waals surface area contributed by atoms with Crippen LogP contribution >= 0.6 is 11.3 Å². The van der Waals surface area contributed by atoms with E-state index in [1.807, 2.05) is 65.6 Å². The monoisotopic (exact) mass is 459 g/mol. The molecular weight excluding hydrogens is 430 g/mol. The van der Waals surface area contributed by atoms with Crippen molar-refractivity contribution in [3.63, 3.8) is 0 Å². The van der Waals surface area contributed by atoms with Crippen molar-refractivity contribution < 1.29 is 9.53 Å². The summed E-state index contributed by atoms with van der Waals surface area (Å²) >= 11 is 1.53. The highest BCUT2D eigenvalue weighted by Gasteiger charge is 2.22. The normalized spacial score (nSPS) is 11.2. The van der Waals surface area contributed by atoms with Gasteiger partial charge in [-0.3, -0.25) is 9.69 Å². The topological polar surface area (TPSA) is 45.7 Å². The second kappa shape index (κ2) is 10.6. The van der Waals surface area contributed by atoms with E-state index in [0.717, 1.165) is 46.7 Å². The molecule has 0 aliphatic heterocycles. The van der Waals surface area contributed by atoms with Crippen LogP contribution < -0.4 is 9.64 Å². The lowest BCUT2D eigenvalue weighted by molar-refractivity contribution is 0.0984. The van der Waals surface area contributed by atoms with Crippen LogP contribution in [0.4, 0.5) is 5.13 Å². The number of hydrogen-bond acceptors (Lipinski definition) is 5. The number of aromatic nitrogens is 1. The third-order valence-corrected chi connectivity index (χ3v) is 6.89. The van der Waals surface area contributed by atoms with Crippen LogP contribution in [0.2, 0.25) is 0 Å². The first-order chi connectivity index (χ1) is 16.1. The number of likely N-dealkylation sites (N-methyl/N-ethyl adjacent to an activating group) is 1. The van der Waals surface area contributed by atoms with Crippen molar-refractivity contribution in [1.29, 1.82) is 0 Å². The quantitative estimate of drug-likeness (QED) is 0.310. The average molecular weight is 460 g/mol. The number of thiazole rings is 1. The first kappa shape index (κ1) is 23.0. The van der Waals surface area contributed by atoms with Crippen LogP contribution in [0.1, 0.15) is 24.2 Å². The van der Waals surface area contributed by atoms with Gasteiger partial charge in [0.15, 0.2) is 5.13 Å². The molecule has 6 heteroatoms. The minimum absolute atomic E-state index is 0.0345. The first-order valence-corrected chi connectivity index (χ1v) is 12.1. The zero-order valence-corrected chi connectivity index (χ0v) is 20.1. The molecule has 1 amide bonds. The Morgan fingerprint density at radius 1 is 0.909 bits per heavy atom. The van der Waals surface area contributed by atoms with Crippen molar-refractivity contribution in [3.05, 3.63) is 78.4 Å². The summed E-state index contributed by atoms with van der Waals surface area (Å²) in [7, 11) is 1.65. The molecule has 1 heterocycles. The highest BCUT2D eigenvalue weighted by atomic mass is 32.1. The summed E-state index contributed by atoms with van der Waals surface area (Å²) in [5, 5.41) is 0.711. The van der Waals surface area contributed by atoms with Gasteiger partial charge in [0.25, 0.3) is 5.91 Å². The Morgan fingerprint density at radius 2 is 1.61 bits per heavy atom. The molecule has 5 nitrogen and oxygen atoms in total. The van der Waals surface area contributed by atoms with E-state index in [9.17, 15) is 4.79 Å². The van der Waals surface area contributed by atoms with Crippen molar-refractivity contribution in [1.82, 2.24) is 9.88 Å². The minimum Gasteiger partial charge on any atom is -0.497 e. The van der Waals surface area contributed by atoms with E-state index >= 15 is 0 Å². The van der Waals surface area contributed by atoms with E-state index in [0.29, 0.717) is 17.2 Å². The molecule has 1 aromatic heterocycles. The second-order valence-corrected chi connectivity index (χ2v) is 8.77. The molecule has 170 valence electrons. The standard InChI is InChI=1S/C27H29N3O2S/c1-4-29(5-2)17-18-30(27-28-24-19-23(32-3)15-16-25(24)33-27)26(31)22-13-11-21(12-14-22)20-9-7-6-8-10-20/h6-16,19H,4-5,17-18H2,1-3H3. The SMILES string of the molecule is CCN(CC)CCN(C(=O)c1ccc(-c2ccccc2)cc1)c1nc2cc(OC)ccc2s1. The highest BCUT2D eigenvalue weighted by Crippen LogP contribution is 2.32. The molecule has 0 spiro atoms. The fourth-order valence-electron chi connectivity index (χ4n) is 3.79. The van der Waals surface area contributed by atoms with Gasteiger partial charge in [0.1, 0.15) is 5.75 Å². The fraction of sp³-hybridized carbons (Fsp3) is 0.259. The summed E-state index contributed by atoms with van der Waals surface area (Å²) in [5.74, 6) is 0.727. The Hall–Kier alpha value is -3.22. The summed E-state index contributed by atoms with van der Waals surface area (Å²) in [6, 6.07) is 23.9. The molecule has 0 atom stereocenters. The third kappa shape index (κ3) is 5.24. The molecule has 0 N–H and O–H groups in total. The molecule has 33 heavy (non-hydrogen) atoms. The number of carbonyl (C=O) groups excluding carboxylic acids is 1. The van der Waals surface area contributed by atoms with Crippen LogP contribution in [0.15, 0.2) is 72.8 Å². The number of nitrogens with zero attached hydrogens (tertiary/aromatic N) is 3. The van der Waals surface area contributed by atoms with E-state index in [-0.39, 0.29) is 5.91 Å². The predicted octanol–water partition coefficient (Wildman–Crippen LogP) is 5.96. The van der Waals surface area contributed by atoms with Crippen LogP contribution in [0.25, 0.3) is 21.3 Å². The maximum atomic E-state index is 13.6. The molecule has 0 radical (unpaired) electrons. The Labute approximate surface area is 199 Å². The Morgan fingerprint density at radius 3 is 2.27 bits per heavy atom. The number of carbonyl (C=O) groups is 1. The van der Waals surface area contributed by atoms with Gasteiger partial charge in [-0.05, 0) is 48.5 Å². The lowest BCUT2D eigenvalue weighted by Gasteiger charge is -2.24. The second-order valence-electron chi connectivity index (χ2n) is 7.76. The average Bonchev–Trinajstić information content (AvgIpc) is 3.30. The number of benzene rings is 3. The van der Waals surface area contributed by atoms with E-state index in [1.165, 1.54) is 11.3 Å². The zero-order chi connectivity index (χ0) is 23.2. The molecule has 0 fully saturated rings. The number of fused-ring (bicyclic) bond motifs is 1. The summed E-state index contributed by atoms with van der Waals surface area (Å²) in [6.45, 7) is 7.55. The lowest BCUT2D eigenvalue weighted by Crippen LogP contribution is -2.38. The van der Waals surface area contributed by atoms with Crippen molar-refractivity contribution in [3.8, 4) is 16.9 Å². The predicted molar refractivity (Wildman–Crippen MR) is 138 cm³/mol. The Bertz CT molecular complexity index is 1200. The number of anilines is 1. The highest BCUT2D eigenvalue weighted by molar-refractivity contribution is 7.22. The van der Waals surface area contributed by atoms with Crippen LogP contribution in [-0.2, 0) is 0 Å². The first-order valence-electron chi connectivity index (χ1n) is 11.3. The lowest BCUT2D eigenvalue weighted by atomic mass is 10.0. The molecule has 4 aromatic rings. The Kier molecular flexibility index (Phi) is 7.37. The van der Waals surface area contributed by atoms with E-state index < -0.39 is 0 Å². The van der Waals surface area contributed by atoms with Gasteiger partial charge in [0, 0.05) is 24.7 Å². The molecule has 0 saturated carbocycles. The smallest absolute Gasteiger partial charge is 0.260 e. The van der Waals surface area contributed by atoms with Crippen LogP contribution in [0.3, 0.4) is 0 Å². The summed E-state index contributed by atoms with van der Waals surface area (Å²) in [6.07, 6.45) is 0. The summed E-state index contributed by atoms with van der Waals surface area (Å²) in [4.78, 5) is 22.5. The molecule has 0 saturated heterocycles. The van der Waals surface area contributed by atoms with E-state index in [2.05, 4.69) is 30.9 Å². The van der Waals surface area contributed by atoms with Gasteiger partial charge in [-0.2, -0.15) is 0 Å². The zero-order valence-electron chi connectivity index (χ0n) is 19.3. The van der Waals surface area contributed by atoms with Gasteiger partial charge < -0.3 is 9.64 Å². The van der Waals surface area contributed by atoms with E-state index in [4.69, 9.17) is 9.72 Å². The van der Waals surface area contributed by atoms with E-state index in [1.54, 1.807) is 7.11 Å². The van der Waals surface area contributed by atoms with Crippen LogP contribution in [0.5, 0.6) is 5.75 Å². The molecule has 0 bridgehead atoms. The number of hydrogen-bond donors (Lipinski definition) is 0.